The third-order valence-electron chi connectivity index (χ3n) is 2.82. The average Bonchev–Trinajstić information content (AvgIpc) is 2.45. The lowest BCUT2D eigenvalue weighted by Gasteiger charge is -2.09. The minimum absolute atomic E-state index is 0.375. The van der Waals surface area contributed by atoms with Gasteiger partial charge in [0, 0.05) is 29.5 Å². The molecule has 3 aromatic rings. The van der Waals surface area contributed by atoms with Gasteiger partial charge in [-0.15, -0.1) is 0 Å². The maximum absolute atomic E-state index is 13.6. The molecule has 6 heteroatoms. The number of hydrogen-bond donors (Lipinski definition) is 1. The molecule has 0 atom stereocenters. The second kappa shape index (κ2) is 4.80. The van der Waals surface area contributed by atoms with Gasteiger partial charge in [0.15, 0.2) is 17.5 Å². The van der Waals surface area contributed by atoms with Gasteiger partial charge in [-0.1, -0.05) is 12.1 Å². The van der Waals surface area contributed by atoms with E-state index < -0.39 is 17.6 Å². The minimum atomic E-state index is -1.35. The van der Waals surface area contributed by atoms with E-state index in [2.05, 4.69) is 15.3 Å². The van der Waals surface area contributed by atoms with Crippen molar-refractivity contribution < 1.29 is 13.2 Å². The molecule has 0 aliphatic heterocycles. The zero-order valence-corrected chi connectivity index (χ0v) is 10.1. The van der Waals surface area contributed by atoms with Gasteiger partial charge in [-0.2, -0.15) is 9.37 Å². The molecule has 0 unspecified atom stereocenters. The Morgan fingerprint density at radius 2 is 1.85 bits per heavy atom. The number of nitrogens with zero attached hydrogens (tertiary/aromatic N) is 2. The Balaban J connectivity index is 2.08. The van der Waals surface area contributed by atoms with Crippen molar-refractivity contribution in [2.24, 2.45) is 0 Å². The van der Waals surface area contributed by atoms with Crippen LogP contribution in [0.15, 0.2) is 42.7 Å². The van der Waals surface area contributed by atoms with Crippen LogP contribution in [0.3, 0.4) is 0 Å². The standard InChI is InChI=1S/C14H8F3N3/c15-10-6-11(16)14(20-13(10)17)19-12-3-1-2-8-4-5-18-7-9(8)12/h1-7H,(H,19,20). The summed E-state index contributed by atoms with van der Waals surface area (Å²) in [6.07, 6.45) is 3.22. The number of halogens is 3. The molecule has 0 amide bonds. The Hall–Kier alpha value is -2.63. The number of benzene rings is 1. The minimum Gasteiger partial charge on any atom is -0.337 e. The molecular weight excluding hydrogens is 267 g/mol. The molecule has 3 rings (SSSR count). The highest BCUT2D eigenvalue weighted by Crippen LogP contribution is 2.26. The molecule has 100 valence electrons. The van der Waals surface area contributed by atoms with Crippen molar-refractivity contribution in [1.29, 1.82) is 0 Å². The third-order valence-corrected chi connectivity index (χ3v) is 2.82. The van der Waals surface area contributed by atoms with Crippen molar-refractivity contribution in [1.82, 2.24) is 9.97 Å². The molecule has 20 heavy (non-hydrogen) atoms. The molecule has 0 spiro atoms. The van der Waals surface area contributed by atoms with E-state index in [0.29, 0.717) is 11.8 Å². The molecule has 0 bridgehead atoms. The van der Waals surface area contributed by atoms with Gasteiger partial charge in [-0.25, -0.2) is 8.78 Å². The molecule has 0 saturated heterocycles. The van der Waals surface area contributed by atoms with Crippen molar-refractivity contribution in [2.75, 3.05) is 5.32 Å². The van der Waals surface area contributed by atoms with Crippen LogP contribution in [0.4, 0.5) is 24.7 Å². The van der Waals surface area contributed by atoms with E-state index in [9.17, 15) is 13.2 Å². The molecule has 1 N–H and O–H groups in total. The fourth-order valence-corrected chi connectivity index (χ4v) is 1.88. The molecule has 0 fully saturated rings. The van der Waals surface area contributed by atoms with Crippen molar-refractivity contribution >= 4 is 22.3 Å². The van der Waals surface area contributed by atoms with Crippen molar-refractivity contribution in [3.05, 3.63) is 60.3 Å². The summed E-state index contributed by atoms with van der Waals surface area (Å²) in [6.45, 7) is 0. The summed E-state index contributed by atoms with van der Waals surface area (Å²) in [5.74, 6) is -4.02. The molecule has 0 aliphatic carbocycles. The Morgan fingerprint density at radius 3 is 2.70 bits per heavy atom. The van der Waals surface area contributed by atoms with Gasteiger partial charge in [0.1, 0.15) is 0 Å². The summed E-state index contributed by atoms with van der Waals surface area (Å²) < 4.78 is 39.5. The first-order valence-corrected chi connectivity index (χ1v) is 5.76. The number of rotatable bonds is 2. The Bertz CT molecular complexity index is 784. The topological polar surface area (TPSA) is 37.8 Å². The lowest BCUT2D eigenvalue weighted by atomic mass is 10.1. The van der Waals surface area contributed by atoms with Crippen LogP contribution in [0.5, 0.6) is 0 Å². The largest absolute Gasteiger partial charge is 0.337 e. The summed E-state index contributed by atoms with van der Waals surface area (Å²) in [7, 11) is 0. The zero-order chi connectivity index (χ0) is 14.1. The first kappa shape index (κ1) is 12.4. The first-order chi connectivity index (χ1) is 9.65. The smallest absolute Gasteiger partial charge is 0.251 e. The third kappa shape index (κ3) is 2.16. The zero-order valence-electron chi connectivity index (χ0n) is 10.1. The van der Waals surface area contributed by atoms with Crippen LogP contribution >= 0.6 is 0 Å². The second-order valence-corrected chi connectivity index (χ2v) is 4.12. The van der Waals surface area contributed by atoms with Gasteiger partial charge in [0.2, 0.25) is 0 Å². The predicted octanol–water partition coefficient (Wildman–Crippen LogP) is 3.79. The predicted molar refractivity (Wildman–Crippen MR) is 69.1 cm³/mol. The maximum atomic E-state index is 13.6. The van der Waals surface area contributed by atoms with Crippen LogP contribution in [0.1, 0.15) is 0 Å². The van der Waals surface area contributed by atoms with E-state index in [0.717, 1.165) is 10.8 Å². The quantitative estimate of drug-likeness (QED) is 0.723. The summed E-state index contributed by atoms with van der Waals surface area (Å²) >= 11 is 0. The maximum Gasteiger partial charge on any atom is 0.251 e. The lowest BCUT2D eigenvalue weighted by Crippen LogP contribution is -2.02. The van der Waals surface area contributed by atoms with Crippen molar-refractivity contribution in [2.45, 2.75) is 0 Å². The molecule has 0 radical (unpaired) electrons. The summed E-state index contributed by atoms with van der Waals surface area (Å²) in [5.41, 5.74) is 0.507. The van der Waals surface area contributed by atoms with Crippen LogP contribution < -0.4 is 5.32 Å². The van der Waals surface area contributed by atoms with Gasteiger partial charge in [0.05, 0.1) is 0 Å². The second-order valence-electron chi connectivity index (χ2n) is 4.12. The van der Waals surface area contributed by atoms with E-state index in [1.54, 1.807) is 30.6 Å². The van der Waals surface area contributed by atoms with Gasteiger partial charge in [0.25, 0.3) is 5.95 Å². The van der Waals surface area contributed by atoms with E-state index in [1.807, 2.05) is 6.07 Å². The van der Waals surface area contributed by atoms with E-state index in [1.165, 1.54) is 0 Å². The van der Waals surface area contributed by atoms with Crippen LogP contribution in [-0.2, 0) is 0 Å². The molecule has 2 heterocycles. The van der Waals surface area contributed by atoms with Gasteiger partial charge in [-0.3, -0.25) is 4.98 Å². The van der Waals surface area contributed by atoms with Gasteiger partial charge >= 0.3 is 0 Å². The van der Waals surface area contributed by atoms with Crippen molar-refractivity contribution in [3.63, 3.8) is 0 Å². The van der Waals surface area contributed by atoms with Crippen LogP contribution in [0.2, 0.25) is 0 Å². The number of pyridine rings is 2. The van der Waals surface area contributed by atoms with Crippen LogP contribution in [0.25, 0.3) is 10.8 Å². The highest BCUT2D eigenvalue weighted by molar-refractivity contribution is 5.94. The summed E-state index contributed by atoms with van der Waals surface area (Å²) in [6, 6.07) is 7.52. The SMILES string of the molecule is Fc1cc(F)c(Nc2cccc3ccncc23)nc1F. The summed E-state index contributed by atoms with van der Waals surface area (Å²) in [4.78, 5) is 7.21. The highest BCUT2D eigenvalue weighted by Gasteiger charge is 2.12. The van der Waals surface area contributed by atoms with Crippen LogP contribution in [0, 0.1) is 17.6 Å². The molecule has 0 saturated carbocycles. The molecule has 2 aromatic heterocycles. The molecule has 3 nitrogen and oxygen atoms in total. The number of anilines is 2. The Labute approximate surface area is 112 Å². The van der Waals surface area contributed by atoms with Gasteiger partial charge < -0.3 is 5.32 Å². The lowest BCUT2D eigenvalue weighted by molar-refractivity contribution is 0.467. The highest BCUT2D eigenvalue weighted by atomic mass is 19.2. The number of fused-ring (bicyclic) bond motifs is 1. The first-order valence-electron chi connectivity index (χ1n) is 5.76. The van der Waals surface area contributed by atoms with Gasteiger partial charge in [-0.05, 0) is 17.5 Å². The Morgan fingerprint density at radius 1 is 1.00 bits per heavy atom. The average molecular weight is 275 g/mol. The summed E-state index contributed by atoms with van der Waals surface area (Å²) in [5, 5.41) is 4.26. The van der Waals surface area contributed by atoms with Crippen molar-refractivity contribution in [3.8, 4) is 0 Å². The fourth-order valence-electron chi connectivity index (χ4n) is 1.88. The van der Waals surface area contributed by atoms with Crippen LogP contribution in [-0.4, -0.2) is 9.97 Å². The number of aromatic nitrogens is 2. The van der Waals surface area contributed by atoms with E-state index >= 15 is 0 Å². The fraction of sp³-hybridized carbons (Fsp3) is 0. The number of hydrogen-bond acceptors (Lipinski definition) is 3. The normalized spacial score (nSPS) is 10.8. The monoisotopic (exact) mass is 275 g/mol. The van der Waals surface area contributed by atoms with E-state index in [4.69, 9.17) is 0 Å². The molecule has 0 aliphatic rings. The number of nitrogens with one attached hydrogen (secondary N) is 1. The molecule has 1 aromatic carbocycles. The van der Waals surface area contributed by atoms with E-state index in [-0.39, 0.29) is 5.82 Å². The Kier molecular flexibility index (Phi) is 2.98. The molecular formula is C14H8F3N3.